The van der Waals surface area contributed by atoms with Crippen molar-refractivity contribution in [1.82, 2.24) is 0 Å². The van der Waals surface area contributed by atoms with E-state index in [0.29, 0.717) is 0 Å². The first kappa shape index (κ1) is 19.6. The Bertz CT molecular complexity index is 445. The molecule has 122 valence electrons. The average Bonchev–Trinajstić information content (AvgIpc) is 2.38. The molecule has 0 amide bonds. The Morgan fingerprint density at radius 1 is 0.909 bits per heavy atom. The second-order valence-corrected chi connectivity index (χ2v) is 5.23. The van der Waals surface area contributed by atoms with Crippen molar-refractivity contribution >= 4 is 17.9 Å². The number of carbonyl (C=O) groups is 3. The molecule has 22 heavy (non-hydrogen) atoms. The SMILES string of the molecule is C=CCC(C)C(CC=C)(CC=C)C(C(=O)O)(C(=O)O)C(=O)O. The summed E-state index contributed by atoms with van der Waals surface area (Å²) in [5, 5.41) is 28.5. The number of carboxylic acids is 3. The third-order valence-electron chi connectivity index (χ3n) is 4.19. The summed E-state index contributed by atoms with van der Waals surface area (Å²) in [5.74, 6) is -6.31. The van der Waals surface area contributed by atoms with Crippen LogP contribution in [0.25, 0.3) is 0 Å². The van der Waals surface area contributed by atoms with Crippen molar-refractivity contribution in [2.75, 3.05) is 0 Å². The molecule has 0 aliphatic heterocycles. The molecule has 0 spiro atoms. The van der Waals surface area contributed by atoms with Gasteiger partial charge in [-0.15, -0.1) is 19.7 Å². The molecule has 0 heterocycles. The zero-order chi connectivity index (χ0) is 17.6. The molecule has 0 aromatic heterocycles. The van der Waals surface area contributed by atoms with Crippen molar-refractivity contribution in [1.29, 1.82) is 0 Å². The van der Waals surface area contributed by atoms with Crippen LogP contribution in [-0.2, 0) is 14.4 Å². The number of hydrogen-bond acceptors (Lipinski definition) is 3. The molecule has 1 unspecified atom stereocenters. The van der Waals surface area contributed by atoms with Crippen LogP contribution in [0.5, 0.6) is 0 Å². The maximum atomic E-state index is 11.8. The van der Waals surface area contributed by atoms with Crippen molar-refractivity contribution in [3.8, 4) is 0 Å². The lowest BCUT2D eigenvalue weighted by molar-refractivity contribution is -0.191. The highest BCUT2D eigenvalue weighted by Gasteiger charge is 2.68. The molecule has 0 aromatic rings. The Morgan fingerprint density at radius 3 is 1.50 bits per heavy atom. The molecular formula is C16H22O6. The summed E-state index contributed by atoms with van der Waals surface area (Å²) < 4.78 is 0. The lowest BCUT2D eigenvalue weighted by Crippen LogP contribution is -2.60. The van der Waals surface area contributed by atoms with Gasteiger partial charge in [0, 0.05) is 5.41 Å². The van der Waals surface area contributed by atoms with Gasteiger partial charge in [-0.05, 0) is 25.2 Å². The fourth-order valence-electron chi connectivity index (χ4n) is 3.07. The van der Waals surface area contributed by atoms with E-state index in [2.05, 4.69) is 19.7 Å². The standard InChI is InChI=1S/C16H22O6/c1-5-8-11(4)15(9-6-2,10-7-3)16(12(17)18,13(19)20)14(21)22/h5-7,11H,1-3,8-10H2,4H3,(H,17,18)(H,19,20)(H,21,22). The number of carboxylic acid groups (broad SMARTS) is 3. The van der Waals surface area contributed by atoms with Gasteiger partial charge in [0.05, 0.1) is 0 Å². The molecule has 0 aliphatic rings. The first-order valence-electron chi connectivity index (χ1n) is 6.71. The predicted molar refractivity (Wildman–Crippen MR) is 81.4 cm³/mol. The summed E-state index contributed by atoms with van der Waals surface area (Å²) in [7, 11) is 0. The molecule has 0 saturated carbocycles. The highest BCUT2D eigenvalue weighted by Crippen LogP contribution is 2.53. The minimum atomic E-state index is -3.00. The molecule has 0 rings (SSSR count). The molecule has 3 N–H and O–H groups in total. The van der Waals surface area contributed by atoms with Gasteiger partial charge in [0.15, 0.2) is 0 Å². The number of rotatable bonds is 11. The smallest absolute Gasteiger partial charge is 0.333 e. The summed E-state index contributed by atoms with van der Waals surface area (Å²) in [4.78, 5) is 35.3. The molecule has 6 nitrogen and oxygen atoms in total. The molecule has 0 aliphatic carbocycles. The van der Waals surface area contributed by atoms with Crippen LogP contribution in [0.3, 0.4) is 0 Å². The highest BCUT2D eigenvalue weighted by molar-refractivity contribution is 6.17. The van der Waals surface area contributed by atoms with Gasteiger partial charge >= 0.3 is 17.9 Å². The van der Waals surface area contributed by atoms with E-state index in [0.717, 1.165) is 0 Å². The van der Waals surface area contributed by atoms with Gasteiger partial charge in [-0.1, -0.05) is 25.2 Å². The van der Waals surface area contributed by atoms with Crippen molar-refractivity contribution in [3.63, 3.8) is 0 Å². The van der Waals surface area contributed by atoms with E-state index in [4.69, 9.17) is 0 Å². The second-order valence-electron chi connectivity index (χ2n) is 5.23. The van der Waals surface area contributed by atoms with Crippen molar-refractivity contribution in [2.24, 2.45) is 16.7 Å². The normalized spacial score (nSPS) is 13.0. The largest absolute Gasteiger partial charge is 0.480 e. The molecule has 0 aromatic carbocycles. The monoisotopic (exact) mass is 310 g/mol. The maximum absolute atomic E-state index is 11.8. The van der Waals surface area contributed by atoms with Gasteiger partial charge < -0.3 is 15.3 Å². The first-order chi connectivity index (χ1) is 10.2. The van der Waals surface area contributed by atoms with Crippen molar-refractivity contribution in [3.05, 3.63) is 38.0 Å². The predicted octanol–water partition coefficient (Wildman–Crippen LogP) is 2.58. The Kier molecular flexibility index (Phi) is 6.77. The molecular weight excluding hydrogens is 288 g/mol. The molecule has 0 fully saturated rings. The van der Waals surface area contributed by atoms with Gasteiger partial charge in [0.2, 0.25) is 0 Å². The van der Waals surface area contributed by atoms with E-state index >= 15 is 0 Å². The van der Waals surface area contributed by atoms with E-state index in [1.54, 1.807) is 6.92 Å². The molecule has 0 saturated heterocycles. The topological polar surface area (TPSA) is 112 Å². The van der Waals surface area contributed by atoms with E-state index in [1.165, 1.54) is 18.2 Å². The minimum absolute atomic E-state index is 0.0983. The Labute approximate surface area is 129 Å². The Balaban J connectivity index is 6.75. The van der Waals surface area contributed by atoms with Gasteiger partial charge in [0.25, 0.3) is 5.41 Å². The maximum Gasteiger partial charge on any atom is 0.333 e. The van der Waals surface area contributed by atoms with Gasteiger partial charge in [-0.3, -0.25) is 14.4 Å². The highest BCUT2D eigenvalue weighted by atomic mass is 16.4. The summed E-state index contributed by atoms with van der Waals surface area (Å²) in [6.45, 7) is 12.2. The van der Waals surface area contributed by atoms with Crippen LogP contribution in [0.15, 0.2) is 38.0 Å². The zero-order valence-electron chi connectivity index (χ0n) is 12.6. The van der Waals surface area contributed by atoms with Crippen molar-refractivity contribution in [2.45, 2.75) is 26.2 Å². The lowest BCUT2D eigenvalue weighted by atomic mass is 9.53. The van der Waals surface area contributed by atoms with E-state index in [9.17, 15) is 29.7 Å². The average molecular weight is 310 g/mol. The summed E-state index contributed by atoms with van der Waals surface area (Å²) in [6.07, 6.45) is 4.25. The van der Waals surface area contributed by atoms with Gasteiger partial charge in [-0.2, -0.15) is 0 Å². The fourth-order valence-corrected chi connectivity index (χ4v) is 3.07. The van der Waals surface area contributed by atoms with Crippen LogP contribution < -0.4 is 0 Å². The third-order valence-corrected chi connectivity index (χ3v) is 4.19. The minimum Gasteiger partial charge on any atom is -0.480 e. The second kappa shape index (κ2) is 7.59. The van der Waals surface area contributed by atoms with Crippen LogP contribution in [0.4, 0.5) is 0 Å². The zero-order valence-corrected chi connectivity index (χ0v) is 12.6. The van der Waals surface area contributed by atoms with Gasteiger partial charge in [0.1, 0.15) is 0 Å². The molecule has 1 atom stereocenters. The van der Waals surface area contributed by atoms with E-state index in [1.807, 2.05) is 0 Å². The van der Waals surface area contributed by atoms with Gasteiger partial charge in [-0.25, -0.2) is 0 Å². The van der Waals surface area contributed by atoms with E-state index in [-0.39, 0.29) is 19.3 Å². The lowest BCUT2D eigenvalue weighted by Gasteiger charge is -2.46. The number of allylic oxidation sites excluding steroid dienone is 3. The third kappa shape index (κ3) is 2.81. The van der Waals surface area contributed by atoms with Crippen LogP contribution in [0, 0.1) is 16.7 Å². The summed E-state index contributed by atoms with van der Waals surface area (Å²) in [5.41, 5.74) is -4.62. The fraction of sp³-hybridized carbons (Fsp3) is 0.438. The number of aliphatic carboxylic acids is 3. The molecule has 0 bridgehead atoms. The van der Waals surface area contributed by atoms with E-state index < -0.39 is 34.7 Å². The number of hydrogen-bond donors (Lipinski definition) is 3. The quantitative estimate of drug-likeness (QED) is 0.399. The Hall–Kier alpha value is -2.37. The molecule has 6 heteroatoms. The first-order valence-corrected chi connectivity index (χ1v) is 6.71. The van der Waals surface area contributed by atoms with Crippen molar-refractivity contribution < 1.29 is 29.7 Å². The van der Waals surface area contributed by atoms with Crippen LogP contribution in [0.1, 0.15) is 26.2 Å². The van der Waals surface area contributed by atoms with Crippen LogP contribution >= 0.6 is 0 Å². The summed E-state index contributed by atoms with van der Waals surface area (Å²) in [6, 6.07) is 0. The Morgan fingerprint density at radius 2 is 1.27 bits per heavy atom. The molecule has 0 radical (unpaired) electrons. The van der Waals surface area contributed by atoms with Crippen LogP contribution in [-0.4, -0.2) is 33.2 Å². The summed E-state index contributed by atoms with van der Waals surface area (Å²) >= 11 is 0. The van der Waals surface area contributed by atoms with Crippen LogP contribution in [0.2, 0.25) is 0 Å².